The third kappa shape index (κ3) is 2.98. The van der Waals surface area contributed by atoms with Crippen molar-refractivity contribution in [1.29, 1.82) is 0 Å². The maximum absolute atomic E-state index is 13.8. The molecule has 2 rings (SSSR count). The Balaban J connectivity index is 2.47. The fraction of sp³-hybridized carbons (Fsp3) is 0.308. The van der Waals surface area contributed by atoms with Crippen LogP contribution < -0.4 is 10.1 Å². The van der Waals surface area contributed by atoms with E-state index in [2.05, 4.69) is 20.3 Å². The van der Waals surface area contributed by atoms with Crippen molar-refractivity contribution in [2.24, 2.45) is 0 Å². The summed E-state index contributed by atoms with van der Waals surface area (Å²) >= 11 is 0. The van der Waals surface area contributed by atoms with Crippen molar-refractivity contribution >= 4 is 5.95 Å². The maximum Gasteiger partial charge on any atom is 0.321 e. The highest BCUT2D eigenvalue weighted by atomic mass is 19.2. The van der Waals surface area contributed by atoms with Gasteiger partial charge in [-0.3, -0.25) is 0 Å². The van der Waals surface area contributed by atoms with Gasteiger partial charge in [0.25, 0.3) is 0 Å². The summed E-state index contributed by atoms with van der Waals surface area (Å²) in [4.78, 5) is 12.0. The number of benzene rings is 1. The monoisotopic (exact) mass is 280 g/mol. The van der Waals surface area contributed by atoms with E-state index < -0.39 is 11.6 Å². The van der Waals surface area contributed by atoms with Gasteiger partial charge >= 0.3 is 6.01 Å². The molecule has 0 saturated heterocycles. The van der Waals surface area contributed by atoms with Gasteiger partial charge in [-0.15, -0.1) is 0 Å². The molecule has 0 aliphatic carbocycles. The molecule has 1 aromatic heterocycles. The summed E-state index contributed by atoms with van der Waals surface area (Å²) in [5.74, 6) is -1.67. The number of nitrogens with one attached hydrogen (secondary N) is 1. The van der Waals surface area contributed by atoms with E-state index in [1.54, 1.807) is 0 Å². The van der Waals surface area contributed by atoms with Crippen LogP contribution in [-0.4, -0.2) is 28.6 Å². The summed E-state index contributed by atoms with van der Waals surface area (Å²) in [6, 6.07) is 3.87. The summed E-state index contributed by atoms with van der Waals surface area (Å²) in [7, 11) is 1.39. The lowest BCUT2D eigenvalue weighted by Gasteiger charge is -2.08. The zero-order valence-electron chi connectivity index (χ0n) is 11.2. The topological polar surface area (TPSA) is 59.9 Å². The Morgan fingerprint density at radius 2 is 2.00 bits per heavy atom. The summed E-state index contributed by atoms with van der Waals surface area (Å²) in [5, 5.41) is 2.95. The Morgan fingerprint density at radius 3 is 2.70 bits per heavy atom. The third-order valence-electron chi connectivity index (χ3n) is 2.52. The Kier molecular flexibility index (Phi) is 4.39. The number of halogens is 2. The minimum atomic E-state index is -0.998. The average molecular weight is 280 g/mol. The van der Waals surface area contributed by atoms with Crippen LogP contribution in [0.1, 0.15) is 13.3 Å². The molecule has 0 bridgehead atoms. The molecule has 2 aromatic rings. The number of aromatic nitrogens is 3. The van der Waals surface area contributed by atoms with Gasteiger partial charge in [0.15, 0.2) is 17.5 Å². The van der Waals surface area contributed by atoms with Crippen LogP contribution in [0.3, 0.4) is 0 Å². The normalized spacial score (nSPS) is 10.4. The lowest BCUT2D eigenvalue weighted by atomic mass is 10.2. The quantitative estimate of drug-likeness (QED) is 0.912. The number of hydrogen-bond acceptors (Lipinski definition) is 5. The van der Waals surface area contributed by atoms with Crippen molar-refractivity contribution < 1.29 is 13.5 Å². The summed E-state index contributed by atoms with van der Waals surface area (Å²) in [6.07, 6.45) is 0.873. The SMILES string of the molecule is CCCNc1nc(OC)nc(-c2cccc(F)c2F)n1. The van der Waals surface area contributed by atoms with Crippen molar-refractivity contribution in [3.63, 3.8) is 0 Å². The van der Waals surface area contributed by atoms with Gasteiger partial charge in [0.2, 0.25) is 5.95 Å². The Labute approximate surface area is 115 Å². The van der Waals surface area contributed by atoms with Crippen molar-refractivity contribution in [1.82, 2.24) is 15.0 Å². The lowest BCUT2D eigenvalue weighted by Crippen LogP contribution is -2.08. The van der Waals surface area contributed by atoms with Crippen LogP contribution in [0.4, 0.5) is 14.7 Å². The number of nitrogens with zero attached hydrogens (tertiary/aromatic N) is 3. The highest BCUT2D eigenvalue weighted by molar-refractivity contribution is 5.57. The molecular weight excluding hydrogens is 266 g/mol. The van der Waals surface area contributed by atoms with E-state index in [1.807, 2.05) is 6.92 Å². The molecule has 7 heteroatoms. The van der Waals surface area contributed by atoms with Gasteiger partial charge in [-0.1, -0.05) is 13.0 Å². The molecule has 0 amide bonds. The Hall–Kier alpha value is -2.31. The second-order valence-corrected chi connectivity index (χ2v) is 4.00. The van der Waals surface area contributed by atoms with Crippen molar-refractivity contribution in [3.05, 3.63) is 29.8 Å². The van der Waals surface area contributed by atoms with Crippen molar-refractivity contribution in [3.8, 4) is 17.4 Å². The summed E-state index contributed by atoms with van der Waals surface area (Å²) in [6.45, 7) is 2.64. The number of ether oxygens (including phenoxy) is 1. The molecule has 0 saturated carbocycles. The fourth-order valence-electron chi connectivity index (χ4n) is 1.56. The van der Waals surface area contributed by atoms with E-state index >= 15 is 0 Å². The van der Waals surface area contributed by atoms with Crippen LogP contribution in [0.25, 0.3) is 11.4 Å². The van der Waals surface area contributed by atoms with E-state index in [4.69, 9.17) is 4.74 Å². The predicted molar refractivity (Wildman–Crippen MR) is 70.5 cm³/mol. The van der Waals surface area contributed by atoms with Gasteiger partial charge in [-0.2, -0.15) is 15.0 Å². The molecular formula is C13H14F2N4O. The van der Waals surface area contributed by atoms with Crippen molar-refractivity contribution in [2.45, 2.75) is 13.3 Å². The first-order chi connectivity index (χ1) is 9.65. The fourth-order valence-corrected chi connectivity index (χ4v) is 1.56. The predicted octanol–water partition coefficient (Wildman–Crippen LogP) is 2.65. The third-order valence-corrected chi connectivity index (χ3v) is 2.52. The van der Waals surface area contributed by atoms with Gasteiger partial charge in [0.1, 0.15) is 0 Å². The van der Waals surface area contributed by atoms with E-state index in [-0.39, 0.29) is 23.3 Å². The molecule has 0 aliphatic rings. The van der Waals surface area contributed by atoms with Crippen LogP contribution >= 0.6 is 0 Å². The largest absolute Gasteiger partial charge is 0.467 e. The van der Waals surface area contributed by atoms with E-state index in [9.17, 15) is 8.78 Å². The molecule has 1 aromatic carbocycles. The minimum Gasteiger partial charge on any atom is -0.467 e. The van der Waals surface area contributed by atoms with Gasteiger partial charge in [0, 0.05) is 6.54 Å². The number of methoxy groups -OCH3 is 1. The molecule has 0 fully saturated rings. The first kappa shape index (κ1) is 14.1. The zero-order chi connectivity index (χ0) is 14.5. The summed E-state index contributed by atoms with van der Waals surface area (Å²) in [5.41, 5.74) is -0.0368. The van der Waals surface area contributed by atoms with Gasteiger partial charge in [-0.25, -0.2) is 8.78 Å². The van der Waals surface area contributed by atoms with Gasteiger partial charge in [0.05, 0.1) is 12.7 Å². The average Bonchev–Trinajstić information content (AvgIpc) is 2.47. The Morgan fingerprint density at radius 1 is 1.20 bits per heavy atom. The Bertz CT molecular complexity index is 607. The smallest absolute Gasteiger partial charge is 0.321 e. The van der Waals surface area contributed by atoms with Crippen LogP contribution in [0, 0.1) is 11.6 Å². The molecule has 1 N–H and O–H groups in total. The first-order valence-corrected chi connectivity index (χ1v) is 6.14. The lowest BCUT2D eigenvalue weighted by molar-refractivity contribution is 0.379. The number of rotatable bonds is 5. The molecule has 106 valence electrons. The molecule has 0 spiro atoms. The molecule has 5 nitrogen and oxygen atoms in total. The molecule has 0 unspecified atom stereocenters. The molecule has 0 aliphatic heterocycles. The van der Waals surface area contributed by atoms with E-state index in [0.717, 1.165) is 12.5 Å². The van der Waals surface area contributed by atoms with Crippen LogP contribution in [0.15, 0.2) is 18.2 Å². The van der Waals surface area contributed by atoms with Crippen LogP contribution in [-0.2, 0) is 0 Å². The first-order valence-electron chi connectivity index (χ1n) is 6.14. The van der Waals surface area contributed by atoms with E-state index in [0.29, 0.717) is 6.54 Å². The number of hydrogen-bond donors (Lipinski definition) is 1. The molecule has 20 heavy (non-hydrogen) atoms. The molecule has 0 radical (unpaired) electrons. The number of anilines is 1. The van der Waals surface area contributed by atoms with Crippen molar-refractivity contribution in [2.75, 3.05) is 19.0 Å². The summed E-state index contributed by atoms with van der Waals surface area (Å²) < 4.78 is 32.0. The van der Waals surface area contributed by atoms with Gasteiger partial charge in [-0.05, 0) is 18.6 Å². The minimum absolute atomic E-state index is 0.0208. The maximum atomic E-state index is 13.8. The van der Waals surface area contributed by atoms with Gasteiger partial charge < -0.3 is 10.1 Å². The molecule has 0 atom stereocenters. The second-order valence-electron chi connectivity index (χ2n) is 4.00. The highest BCUT2D eigenvalue weighted by Gasteiger charge is 2.15. The standard InChI is InChI=1S/C13H14F2N4O/c1-3-7-16-12-17-11(18-13(19-12)20-2)8-5-4-6-9(14)10(8)15/h4-6H,3,7H2,1-2H3,(H,16,17,18,19). The highest BCUT2D eigenvalue weighted by Crippen LogP contribution is 2.23. The van der Waals surface area contributed by atoms with E-state index in [1.165, 1.54) is 19.2 Å². The molecule has 1 heterocycles. The second kappa shape index (κ2) is 6.23. The van der Waals surface area contributed by atoms with Crippen LogP contribution in [0.2, 0.25) is 0 Å². The van der Waals surface area contributed by atoms with Crippen LogP contribution in [0.5, 0.6) is 6.01 Å². The zero-order valence-corrected chi connectivity index (χ0v) is 11.2.